The first-order valence-electron chi connectivity index (χ1n) is 6.81. The molecule has 1 amide bonds. The van der Waals surface area contributed by atoms with Crippen molar-refractivity contribution >= 4 is 17.6 Å². The fourth-order valence-electron chi connectivity index (χ4n) is 2.71. The molecule has 20 heavy (non-hydrogen) atoms. The first-order chi connectivity index (χ1) is 9.47. The number of benzene rings is 1. The van der Waals surface area contributed by atoms with Crippen LogP contribution in [0, 0.1) is 12.8 Å². The maximum Gasteiger partial charge on any atom is 0.321 e. The number of amides is 1. The molecular formula is C15H20N2O3. The second-order valence-electron chi connectivity index (χ2n) is 5.44. The number of hydrogen-bond donors (Lipinski definition) is 2. The Labute approximate surface area is 118 Å². The molecule has 1 heterocycles. The Balaban J connectivity index is 1.96. The van der Waals surface area contributed by atoms with Crippen molar-refractivity contribution in [3.05, 3.63) is 29.8 Å². The summed E-state index contributed by atoms with van der Waals surface area (Å²) < 4.78 is 0. The normalized spacial score (nSPS) is 22.7. The molecule has 0 saturated carbocycles. The lowest BCUT2D eigenvalue weighted by molar-refractivity contribution is -0.143. The van der Waals surface area contributed by atoms with Crippen molar-refractivity contribution < 1.29 is 14.7 Å². The SMILES string of the molecule is Cc1cccc(NC(=O)CN2CCC(C)C2C(=O)O)c1. The largest absolute Gasteiger partial charge is 0.480 e. The molecule has 0 bridgehead atoms. The quantitative estimate of drug-likeness (QED) is 0.878. The Kier molecular flexibility index (Phi) is 4.39. The molecule has 0 radical (unpaired) electrons. The molecule has 5 nitrogen and oxygen atoms in total. The third-order valence-corrected chi connectivity index (χ3v) is 3.71. The Hall–Kier alpha value is -1.88. The molecule has 1 aromatic rings. The van der Waals surface area contributed by atoms with Gasteiger partial charge in [0.1, 0.15) is 6.04 Å². The molecule has 2 unspecified atom stereocenters. The average Bonchev–Trinajstić information content (AvgIpc) is 2.70. The van der Waals surface area contributed by atoms with Gasteiger partial charge in [-0.2, -0.15) is 0 Å². The van der Waals surface area contributed by atoms with E-state index >= 15 is 0 Å². The van der Waals surface area contributed by atoms with Crippen molar-refractivity contribution in [3.8, 4) is 0 Å². The number of nitrogens with one attached hydrogen (secondary N) is 1. The molecule has 5 heteroatoms. The van der Waals surface area contributed by atoms with E-state index in [1.54, 1.807) is 4.90 Å². The van der Waals surface area contributed by atoms with E-state index in [0.29, 0.717) is 6.54 Å². The van der Waals surface area contributed by atoms with Crippen LogP contribution in [0.15, 0.2) is 24.3 Å². The zero-order valence-electron chi connectivity index (χ0n) is 11.8. The van der Waals surface area contributed by atoms with Gasteiger partial charge in [-0.15, -0.1) is 0 Å². The molecule has 0 aliphatic carbocycles. The summed E-state index contributed by atoms with van der Waals surface area (Å²) >= 11 is 0. The number of aliphatic carboxylic acids is 1. The summed E-state index contributed by atoms with van der Waals surface area (Å²) in [4.78, 5) is 25.0. The van der Waals surface area contributed by atoms with Crippen molar-refractivity contribution in [2.45, 2.75) is 26.3 Å². The van der Waals surface area contributed by atoms with Crippen molar-refractivity contribution in [2.75, 3.05) is 18.4 Å². The van der Waals surface area contributed by atoms with E-state index in [1.807, 2.05) is 38.1 Å². The summed E-state index contributed by atoms with van der Waals surface area (Å²) in [6, 6.07) is 6.99. The van der Waals surface area contributed by atoms with Gasteiger partial charge in [-0.25, -0.2) is 0 Å². The van der Waals surface area contributed by atoms with Crippen LogP contribution in [0.25, 0.3) is 0 Å². The van der Waals surface area contributed by atoms with Gasteiger partial charge in [-0.1, -0.05) is 19.1 Å². The number of aryl methyl sites for hydroxylation is 1. The van der Waals surface area contributed by atoms with Crippen molar-refractivity contribution in [2.24, 2.45) is 5.92 Å². The number of hydrogen-bond acceptors (Lipinski definition) is 3. The fraction of sp³-hybridized carbons (Fsp3) is 0.467. The van der Waals surface area contributed by atoms with Gasteiger partial charge in [0.05, 0.1) is 6.54 Å². The minimum atomic E-state index is -0.849. The molecule has 2 atom stereocenters. The summed E-state index contributed by atoms with van der Waals surface area (Å²) in [5, 5.41) is 12.0. The molecule has 2 rings (SSSR count). The van der Waals surface area contributed by atoms with Gasteiger partial charge in [0, 0.05) is 5.69 Å². The number of rotatable bonds is 4. The molecule has 0 aromatic heterocycles. The van der Waals surface area contributed by atoms with Gasteiger partial charge < -0.3 is 10.4 Å². The highest BCUT2D eigenvalue weighted by atomic mass is 16.4. The summed E-state index contributed by atoms with van der Waals surface area (Å²) in [5.74, 6) is -0.937. The number of carboxylic acid groups (broad SMARTS) is 1. The van der Waals surface area contributed by atoms with E-state index < -0.39 is 12.0 Å². The van der Waals surface area contributed by atoms with Crippen molar-refractivity contribution in [3.63, 3.8) is 0 Å². The number of nitrogens with zero attached hydrogens (tertiary/aromatic N) is 1. The first-order valence-corrected chi connectivity index (χ1v) is 6.81. The van der Waals surface area contributed by atoms with E-state index in [-0.39, 0.29) is 18.4 Å². The number of carboxylic acids is 1. The molecule has 2 N–H and O–H groups in total. The summed E-state index contributed by atoms with van der Waals surface area (Å²) in [6.07, 6.45) is 0.814. The lowest BCUT2D eigenvalue weighted by atomic mass is 10.0. The lowest BCUT2D eigenvalue weighted by Crippen LogP contribution is -2.43. The van der Waals surface area contributed by atoms with Crippen molar-refractivity contribution in [1.82, 2.24) is 4.90 Å². The average molecular weight is 276 g/mol. The molecular weight excluding hydrogens is 256 g/mol. The third-order valence-electron chi connectivity index (χ3n) is 3.71. The van der Waals surface area contributed by atoms with Gasteiger partial charge in [0.15, 0.2) is 0 Å². The summed E-state index contributed by atoms with van der Waals surface area (Å²) in [6.45, 7) is 4.64. The zero-order valence-corrected chi connectivity index (χ0v) is 11.8. The highest BCUT2D eigenvalue weighted by Gasteiger charge is 2.37. The van der Waals surface area contributed by atoms with Crippen LogP contribution < -0.4 is 5.32 Å². The number of carbonyl (C=O) groups is 2. The standard InChI is InChI=1S/C15H20N2O3/c1-10-4-3-5-12(8-10)16-13(18)9-17-7-6-11(2)14(17)15(19)20/h3-5,8,11,14H,6-7,9H2,1-2H3,(H,16,18)(H,19,20). The molecule has 1 aliphatic rings. The van der Waals surface area contributed by atoms with Crippen LogP contribution in [-0.4, -0.2) is 41.0 Å². The van der Waals surface area contributed by atoms with Crippen LogP contribution in [-0.2, 0) is 9.59 Å². The molecule has 1 fully saturated rings. The molecule has 108 valence electrons. The Morgan fingerprint density at radius 3 is 2.85 bits per heavy atom. The topological polar surface area (TPSA) is 69.6 Å². The monoisotopic (exact) mass is 276 g/mol. The van der Waals surface area contributed by atoms with Gasteiger partial charge in [0.25, 0.3) is 0 Å². The van der Waals surface area contributed by atoms with E-state index in [0.717, 1.165) is 17.7 Å². The van der Waals surface area contributed by atoms with E-state index in [1.165, 1.54) is 0 Å². The highest BCUT2D eigenvalue weighted by molar-refractivity contribution is 5.92. The molecule has 1 aliphatic heterocycles. The second-order valence-corrected chi connectivity index (χ2v) is 5.44. The van der Waals surface area contributed by atoms with E-state index in [4.69, 9.17) is 0 Å². The van der Waals surface area contributed by atoms with Gasteiger partial charge in [-0.3, -0.25) is 14.5 Å². The molecule has 1 aromatic carbocycles. The smallest absolute Gasteiger partial charge is 0.321 e. The van der Waals surface area contributed by atoms with Crippen molar-refractivity contribution in [1.29, 1.82) is 0 Å². The molecule has 0 spiro atoms. The highest BCUT2D eigenvalue weighted by Crippen LogP contribution is 2.23. The van der Waals surface area contributed by atoms with Crippen LogP contribution in [0.2, 0.25) is 0 Å². The predicted octanol–water partition coefficient (Wildman–Crippen LogP) is 1.73. The zero-order chi connectivity index (χ0) is 14.7. The number of likely N-dealkylation sites (tertiary alicyclic amines) is 1. The maximum atomic E-state index is 12.0. The van der Waals surface area contributed by atoms with Gasteiger partial charge >= 0.3 is 5.97 Å². The van der Waals surface area contributed by atoms with Crippen LogP contribution >= 0.6 is 0 Å². The Morgan fingerprint density at radius 1 is 1.45 bits per heavy atom. The Bertz CT molecular complexity index is 516. The third kappa shape index (κ3) is 3.36. The minimum absolute atomic E-state index is 0.0827. The van der Waals surface area contributed by atoms with Crippen LogP contribution in [0.3, 0.4) is 0 Å². The van der Waals surface area contributed by atoms with Crippen LogP contribution in [0.1, 0.15) is 18.9 Å². The summed E-state index contributed by atoms with van der Waals surface area (Å²) in [5.41, 5.74) is 1.81. The van der Waals surface area contributed by atoms with Gasteiger partial charge in [0.2, 0.25) is 5.91 Å². The van der Waals surface area contributed by atoms with Crippen LogP contribution in [0.5, 0.6) is 0 Å². The Morgan fingerprint density at radius 2 is 2.20 bits per heavy atom. The second kappa shape index (κ2) is 6.05. The van der Waals surface area contributed by atoms with E-state index in [9.17, 15) is 14.7 Å². The number of carbonyl (C=O) groups excluding carboxylic acids is 1. The minimum Gasteiger partial charge on any atom is -0.480 e. The van der Waals surface area contributed by atoms with Gasteiger partial charge in [-0.05, 0) is 43.5 Å². The summed E-state index contributed by atoms with van der Waals surface area (Å²) in [7, 11) is 0. The molecule has 1 saturated heterocycles. The van der Waals surface area contributed by atoms with Crippen LogP contribution in [0.4, 0.5) is 5.69 Å². The maximum absolute atomic E-state index is 12.0. The van der Waals surface area contributed by atoms with E-state index in [2.05, 4.69) is 5.32 Å². The lowest BCUT2D eigenvalue weighted by Gasteiger charge is -2.22. The number of anilines is 1. The fourth-order valence-corrected chi connectivity index (χ4v) is 2.71. The first kappa shape index (κ1) is 14.5. The predicted molar refractivity (Wildman–Crippen MR) is 76.6 cm³/mol.